The molecule has 2 aromatic carbocycles. The molecule has 1 heterocycles. The van der Waals surface area contributed by atoms with E-state index in [1.165, 1.54) is 25.3 Å². The van der Waals surface area contributed by atoms with E-state index < -0.39 is 23.8 Å². The summed E-state index contributed by atoms with van der Waals surface area (Å²) in [4.78, 5) is 50.0. The molecule has 0 aromatic heterocycles. The molecule has 0 unspecified atom stereocenters. The summed E-state index contributed by atoms with van der Waals surface area (Å²) in [6, 6.07) is 8.88. The summed E-state index contributed by atoms with van der Waals surface area (Å²) in [6.45, 7) is 0.187. The van der Waals surface area contributed by atoms with Gasteiger partial charge in [-0.1, -0.05) is 25.0 Å². The molecule has 1 aliphatic carbocycles. The molecular weight excluding hydrogens is 567 g/mol. The smallest absolute Gasteiger partial charge is 0.335 e. The summed E-state index contributed by atoms with van der Waals surface area (Å²) in [6.07, 6.45) is 4.80. The molecule has 10 heteroatoms. The molecule has 1 saturated heterocycles. The van der Waals surface area contributed by atoms with E-state index in [1.54, 1.807) is 24.3 Å². The van der Waals surface area contributed by atoms with E-state index in [-0.39, 0.29) is 23.8 Å². The first-order valence-corrected chi connectivity index (χ1v) is 12.1. The van der Waals surface area contributed by atoms with Crippen LogP contribution in [0.4, 0.5) is 4.79 Å². The molecule has 35 heavy (non-hydrogen) atoms. The predicted octanol–water partition coefficient (Wildman–Crippen LogP) is 3.98. The lowest BCUT2D eigenvalue weighted by Crippen LogP contribution is -2.57. The molecule has 4 amide bonds. The summed E-state index contributed by atoms with van der Waals surface area (Å²) in [5, 5.41) is 11.3. The van der Waals surface area contributed by atoms with Crippen molar-refractivity contribution in [1.82, 2.24) is 10.2 Å². The maximum Gasteiger partial charge on any atom is 0.335 e. The number of rotatable bonds is 7. The lowest BCUT2D eigenvalue weighted by Gasteiger charge is -2.31. The van der Waals surface area contributed by atoms with E-state index in [4.69, 9.17) is 14.6 Å². The number of carbonyl (C=O) groups excluding carboxylic acids is 3. The van der Waals surface area contributed by atoms with E-state index >= 15 is 0 Å². The molecule has 182 valence electrons. The number of nitrogens with zero attached hydrogens (tertiary/aromatic N) is 1. The fourth-order valence-electron chi connectivity index (χ4n) is 4.19. The highest BCUT2D eigenvalue weighted by atomic mass is 127. The van der Waals surface area contributed by atoms with E-state index in [2.05, 4.69) is 27.9 Å². The molecule has 4 rings (SSSR count). The van der Waals surface area contributed by atoms with Crippen LogP contribution >= 0.6 is 22.6 Å². The Labute approximate surface area is 215 Å². The predicted molar refractivity (Wildman–Crippen MR) is 134 cm³/mol. The summed E-state index contributed by atoms with van der Waals surface area (Å²) < 4.78 is 12.1. The Morgan fingerprint density at radius 3 is 2.49 bits per heavy atom. The van der Waals surface area contributed by atoms with Crippen molar-refractivity contribution >= 4 is 52.5 Å². The number of halogens is 1. The van der Waals surface area contributed by atoms with E-state index in [1.807, 2.05) is 0 Å². The van der Waals surface area contributed by atoms with Crippen molar-refractivity contribution in [3.8, 4) is 11.5 Å². The Balaban J connectivity index is 1.57. The zero-order valence-corrected chi connectivity index (χ0v) is 21.0. The van der Waals surface area contributed by atoms with Crippen LogP contribution in [0.25, 0.3) is 6.08 Å². The average Bonchev–Trinajstić information content (AvgIpc) is 3.35. The summed E-state index contributed by atoms with van der Waals surface area (Å²) in [5.74, 6) is -1.45. The molecule has 1 aliphatic heterocycles. The summed E-state index contributed by atoms with van der Waals surface area (Å²) in [5.41, 5.74) is 1.40. The zero-order valence-electron chi connectivity index (χ0n) is 18.9. The van der Waals surface area contributed by atoms with Crippen LogP contribution in [-0.2, 0) is 16.2 Å². The number of benzene rings is 2. The Bertz CT molecular complexity index is 1220. The van der Waals surface area contributed by atoms with Crippen LogP contribution in [0, 0.1) is 3.57 Å². The number of hydrogen-bond acceptors (Lipinski definition) is 6. The topological polar surface area (TPSA) is 122 Å². The van der Waals surface area contributed by atoms with Crippen molar-refractivity contribution in [3.63, 3.8) is 0 Å². The third-order valence-corrected chi connectivity index (χ3v) is 6.77. The Hall–Kier alpha value is -3.41. The number of urea groups is 1. The molecule has 2 fully saturated rings. The van der Waals surface area contributed by atoms with E-state index in [9.17, 15) is 19.2 Å². The third-order valence-electron chi connectivity index (χ3n) is 5.97. The monoisotopic (exact) mass is 590 g/mol. The highest BCUT2D eigenvalue weighted by Crippen LogP contribution is 2.36. The van der Waals surface area contributed by atoms with Crippen molar-refractivity contribution in [2.75, 3.05) is 7.11 Å². The first-order valence-electron chi connectivity index (χ1n) is 11.0. The summed E-state index contributed by atoms with van der Waals surface area (Å²) in [7, 11) is 1.48. The van der Waals surface area contributed by atoms with Crippen LogP contribution in [0.5, 0.6) is 11.5 Å². The van der Waals surface area contributed by atoms with Crippen LogP contribution < -0.4 is 14.8 Å². The van der Waals surface area contributed by atoms with Crippen molar-refractivity contribution < 1.29 is 33.8 Å². The average molecular weight is 590 g/mol. The molecule has 0 spiro atoms. The molecule has 2 aromatic rings. The largest absolute Gasteiger partial charge is 0.493 e. The second-order valence-electron chi connectivity index (χ2n) is 8.26. The zero-order chi connectivity index (χ0) is 25.1. The Morgan fingerprint density at radius 1 is 1.17 bits per heavy atom. The van der Waals surface area contributed by atoms with Gasteiger partial charge in [0, 0.05) is 6.04 Å². The molecule has 9 nitrogen and oxygen atoms in total. The number of carboxylic acids is 1. The Kier molecular flexibility index (Phi) is 7.39. The minimum atomic E-state index is -1.00. The third kappa shape index (κ3) is 5.31. The van der Waals surface area contributed by atoms with Crippen molar-refractivity contribution in [1.29, 1.82) is 0 Å². The normalized spacial score (nSPS) is 17.6. The number of ether oxygens (including phenoxy) is 2. The van der Waals surface area contributed by atoms with Crippen LogP contribution in [-0.4, -0.2) is 47.0 Å². The molecule has 1 saturated carbocycles. The first kappa shape index (κ1) is 24.7. The van der Waals surface area contributed by atoms with Gasteiger partial charge in [0.25, 0.3) is 11.8 Å². The number of amides is 4. The van der Waals surface area contributed by atoms with Gasteiger partial charge in [-0.05, 0) is 76.9 Å². The maximum absolute atomic E-state index is 13.1. The maximum atomic E-state index is 13.1. The van der Waals surface area contributed by atoms with Crippen molar-refractivity contribution in [3.05, 3.63) is 62.2 Å². The van der Waals surface area contributed by atoms with Crippen molar-refractivity contribution in [2.45, 2.75) is 38.3 Å². The Morgan fingerprint density at radius 2 is 1.86 bits per heavy atom. The number of methoxy groups -OCH3 is 1. The van der Waals surface area contributed by atoms with Crippen LogP contribution in [0.3, 0.4) is 0 Å². The molecule has 2 aliphatic rings. The van der Waals surface area contributed by atoms with E-state index in [0.717, 1.165) is 36.1 Å². The minimum absolute atomic E-state index is 0.110. The first-order chi connectivity index (χ1) is 16.8. The molecule has 2 N–H and O–H groups in total. The van der Waals surface area contributed by atoms with Gasteiger partial charge in [0.05, 0.1) is 16.2 Å². The second-order valence-corrected chi connectivity index (χ2v) is 9.42. The van der Waals surface area contributed by atoms with Crippen LogP contribution in [0.2, 0.25) is 0 Å². The van der Waals surface area contributed by atoms with Gasteiger partial charge < -0.3 is 14.6 Å². The SMILES string of the molecule is COc1cc(/C=C2\C(=O)NC(=O)N(C3CCCC3)C2=O)cc(I)c1OCc1ccc(C(=O)O)cc1. The molecule has 0 atom stereocenters. The molecular formula is C25H23IN2O7. The minimum Gasteiger partial charge on any atom is -0.493 e. The number of imide groups is 2. The number of hydrogen-bond donors (Lipinski definition) is 2. The van der Waals surface area contributed by atoms with Crippen LogP contribution in [0.1, 0.15) is 47.2 Å². The quantitative estimate of drug-likeness (QED) is 0.284. The van der Waals surface area contributed by atoms with Crippen LogP contribution in [0.15, 0.2) is 42.0 Å². The van der Waals surface area contributed by atoms with Gasteiger partial charge in [-0.2, -0.15) is 0 Å². The number of barbiturate groups is 1. The van der Waals surface area contributed by atoms with Gasteiger partial charge in [0.2, 0.25) is 0 Å². The number of aromatic carboxylic acids is 1. The lowest BCUT2D eigenvalue weighted by molar-refractivity contribution is -0.131. The van der Waals surface area contributed by atoms with Gasteiger partial charge in [-0.15, -0.1) is 0 Å². The molecule has 0 radical (unpaired) electrons. The van der Waals surface area contributed by atoms with Gasteiger partial charge in [0.1, 0.15) is 12.2 Å². The van der Waals surface area contributed by atoms with Gasteiger partial charge in [-0.25, -0.2) is 9.59 Å². The fourth-order valence-corrected chi connectivity index (χ4v) is 4.98. The highest BCUT2D eigenvalue weighted by Gasteiger charge is 2.40. The van der Waals surface area contributed by atoms with E-state index in [0.29, 0.717) is 20.6 Å². The number of carbonyl (C=O) groups is 4. The standard InChI is InChI=1S/C25H23IN2O7/c1-34-20-12-15(10-18-22(29)27-25(33)28(23(18)30)17-4-2-3-5-17)11-19(26)21(20)35-13-14-6-8-16(9-7-14)24(31)32/h6-12,17H,2-5,13H2,1H3,(H,31,32)(H,27,29,33)/b18-10+. The lowest BCUT2D eigenvalue weighted by atomic mass is 10.0. The number of nitrogens with one attached hydrogen (secondary N) is 1. The fraction of sp³-hybridized carbons (Fsp3) is 0.280. The highest BCUT2D eigenvalue weighted by molar-refractivity contribution is 14.1. The molecule has 0 bridgehead atoms. The van der Waals surface area contributed by atoms with Gasteiger partial charge in [0.15, 0.2) is 11.5 Å². The van der Waals surface area contributed by atoms with Gasteiger partial charge >= 0.3 is 12.0 Å². The van der Waals surface area contributed by atoms with Crippen molar-refractivity contribution in [2.24, 2.45) is 0 Å². The number of carboxylic acid groups (broad SMARTS) is 1. The summed E-state index contributed by atoms with van der Waals surface area (Å²) >= 11 is 2.07. The second kappa shape index (κ2) is 10.5. The van der Waals surface area contributed by atoms with Gasteiger partial charge in [-0.3, -0.25) is 19.8 Å².